The molecule has 2 heterocycles. The quantitative estimate of drug-likeness (QED) is 0.552. The van der Waals surface area contributed by atoms with Crippen molar-refractivity contribution < 1.29 is 14.3 Å². The second-order valence-corrected chi connectivity index (χ2v) is 7.35. The van der Waals surface area contributed by atoms with E-state index >= 15 is 0 Å². The summed E-state index contributed by atoms with van der Waals surface area (Å²) in [6.07, 6.45) is 3.70. The van der Waals surface area contributed by atoms with E-state index in [0.717, 1.165) is 25.9 Å². The number of pyridine rings is 1. The average Bonchev–Trinajstić information content (AvgIpc) is 3.20. The van der Waals surface area contributed by atoms with Crippen LogP contribution in [-0.2, 0) is 0 Å². The van der Waals surface area contributed by atoms with Crippen molar-refractivity contribution in [3.05, 3.63) is 52.7 Å². The molecule has 1 aliphatic heterocycles. The minimum atomic E-state index is -0.0430. The molecule has 3 rings (SSSR count). The Labute approximate surface area is 161 Å². The molecule has 136 valence electrons. The molecule has 2 aromatic rings. The van der Waals surface area contributed by atoms with Crippen molar-refractivity contribution in [2.75, 3.05) is 26.0 Å². The van der Waals surface area contributed by atoms with E-state index < -0.39 is 0 Å². The molecule has 0 radical (unpaired) electrons. The SMILES string of the molecule is COc1ccc(C(=O)CSc2ccc(C(=O)N3CCCC3)cn2)cc1Cl. The Morgan fingerprint density at radius 3 is 2.54 bits per heavy atom. The van der Waals surface area contributed by atoms with E-state index in [0.29, 0.717) is 26.9 Å². The zero-order valence-corrected chi connectivity index (χ0v) is 16.0. The third kappa shape index (κ3) is 4.37. The Morgan fingerprint density at radius 2 is 1.92 bits per heavy atom. The first-order chi connectivity index (χ1) is 12.6. The van der Waals surface area contributed by atoms with Crippen LogP contribution in [0.2, 0.25) is 5.02 Å². The smallest absolute Gasteiger partial charge is 0.255 e. The monoisotopic (exact) mass is 390 g/mol. The van der Waals surface area contributed by atoms with Gasteiger partial charge in [0.2, 0.25) is 0 Å². The number of halogens is 1. The molecule has 26 heavy (non-hydrogen) atoms. The van der Waals surface area contributed by atoms with Gasteiger partial charge >= 0.3 is 0 Å². The Morgan fingerprint density at radius 1 is 1.19 bits per heavy atom. The molecule has 7 heteroatoms. The number of hydrogen-bond donors (Lipinski definition) is 0. The molecule has 0 bridgehead atoms. The first kappa shape index (κ1) is 18.7. The van der Waals surface area contributed by atoms with Gasteiger partial charge in [0.25, 0.3) is 5.91 Å². The van der Waals surface area contributed by atoms with Gasteiger partial charge in [0.1, 0.15) is 5.75 Å². The minimum absolute atomic E-state index is 0.0236. The van der Waals surface area contributed by atoms with Gasteiger partial charge in [-0.15, -0.1) is 0 Å². The highest BCUT2D eigenvalue weighted by Gasteiger charge is 2.19. The van der Waals surface area contributed by atoms with Gasteiger partial charge in [-0.05, 0) is 43.2 Å². The number of benzene rings is 1. The summed E-state index contributed by atoms with van der Waals surface area (Å²) in [6.45, 7) is 1.63. The number of methoxy groups -OCH3 is 1. The topological polar surface area (TPSA) is 59.5 Å². The first-order valence-corrected chi connectivity index (χ1v) is 9.69. The van der Waals surface area contributed by atoms with Crippen molar-refractivity contribution in [1.29, 1.82) is 0 Å². The molecule has 0 aliphatic carbocycles. The molecule has 1 fully saturated rings. The summed E-state index contributed by atoms with van der Waals surface area (Å²) in [6, 6.07) is 8.53. The standard InChI is InChI=1S/C19H19ClN2O3S/c1-25-17-6-4-13(10-15(17)20)16(23)12-26-18-7-5-14(11-21-18)19(24)22-8-2-3-9-22/h4-7,10-11H,2-3,8-9,12H2,1H3. The molecule has 1 aromatic heterocycles. The van der Waals surface area contributed by atoms with Crippen LogP contribution in [0, 0.1) is 0 Å². The molecular formula is C19H19ClN2O3S. The van der Waals surface area contributed by atoms with E-state index in [9.17, 15) is 9.59 Å². The number of ether oxygens (including phenoxy) is 1. The van der Waals surface area contributed by atoms with Crippen LogP contribution in [0.1, 0.15) is 33.6 Å². The largest absolute Gasteiger partial charge is 0.495 e. The van der Waals surface area contributed by atoms with Crippen LogP contribution in [0.15, 0.2) is 41.6 Å². The van der Waals surface area contributed by atoms with Gasteiger partial charge in [-0.25, -0.2) is 4.98 Å². The van der Waals surface area contributed by atoms with Crippen molar-refractivity contribution in [3.63, 3.8) is 0 Å². The maximum Gasteiger partial charge on any atom is 0.255 e. The summed E-state index contributed by atoms with van der Waals surface area (Å²) >= 11 is 7.39. The van der Waals surface area contributed by atoms with Crippen LogP contribution in [0.25, 0.3) is 0 Å². The van der Waals surface area contributed by atoms with E-state index in [2.05, 4.69) is 4.98 Å². The van der Waals surface area contributed by atoms with Crippen molar-refractivity contribution >= 4 is 35.1 Å². The first-order valence-electron chi connectivity index (χ1n) is 8.33. The molecule has 0 unspecified atom stereocenters. The van der Waals surface area contributed by atoms with E-state index in [1.807, 2.05) is 4.90 Å². The summed E-state index contributed by atoms with van der Waals surface area (Å²) in [7, 11) is 1.53. The molecular weight excluding hydrogens is 372 g/mol. The van der Waals surface area contributed by atoms with Crippen LogP contribution in [0.5, 0.6) is 5.75 Å². The van der Waals surface area contributed by atoms with Crippen molar-refractivity contribution in [2.45, 2.75) is 17.9 Å². The molecule has 1 aromatic carbocycles. The lowest BCUT2D eigenvalue weighted by molar-refractivity contribution is 0.0792. The Balaban J connectivity index is 1.58. The van der Waals surface area contributed by atoms with Gasteiger partial charge in [0.15, 0.2) is 5.78 Å². The third-order valence-corrected chi connectivity index (χ3v) is 5.44. The molecule has 0 atom stereocenters. The van der Waals surface area contributed by atoms with E-state index in [1.165, 1.54) is 18.9 Å². The van der Waals surface area contributed by atoms with Crippen LogP contribution in [0.4, 0.5) is 0 Å². The fourth-order valence-corrected chi connectivity index (χ4v) is 3.75. The second-order valence-electron chi connectivity index (χ2n) is 5.95. The molecule has 0 N–H and O–H groups in total. The molecule has 1 saturated heterocycles. The highest BCUT2D eigenvalue weighted by atomic mass is 35.5. The van der Waals surface area contributed by atoms with Gasteiger partial charge in [-0.3, -0.25) is 9.59 Å². The van der Waals surface area contributed by atoms with Crippen molar-refractivity contribution in [2.24, 2.45) is 0 Å². The van der Waals surface area contributed by atoms with Gasteiger partial charge in [0, 0.05) is 24.8 Å². The Kier molecular flexibility index (Phi) is 6.16. The van der Waals surface area contributed by atoms with Crippen molar-refractivity contribution in [3.8, 4) is 5.75 Å². The Hall–Kier alpha value is -2.05. The number of amides is 1. The van der Waals surface area contributed by atoms with Gasteiger partial charge < -0.3 is 9.64 Å². The number of aromatic nitrogens is 1. The number of thioether (sulfide) groups is 1. The summed E-state index contributed by atoms with van der Waals surface area (Å²) in [4.78, 5) is 30.8. The van der Waals surface area contributed by atoms with Crippen LogP contribution in [-0.4, -0.2) is 47.5 Å². The highest BCUT2D eigenvalue weighted by Crippen LogP contribution is 2.26. The summed E-state index contributed by atoms with van der Waals surface area (Å²) < 4.78 is 5.09. The number of ketones is 1. The van der Waals surface area contributed by atoms with E-state index in [4.69, 9.17) is 16.3 Å². The number of carbonyl (C=O) groups is 2. The summed E-state index contributed by atoms with van der Waals surface area (Å²) in [5.74, 6) is 0.764. The highest BCUT2D eigenvalue weighted by molar-refractivity contribution is 7.99. The minimum Gasteiger partial charge on any atom is -0.495 e. The molecule has 0 spiro atoms. The number of carbonyl (C=O) groups excluding carboxylic acids is 2. The summed E-state index contributed by atoms with van der Waals surface area (Å²) in [5, 5.41) is 1.11. The predicted octanol–water partition coefficient (Wildman–Crippen LogP) is 3.95. The van der Waals surface area contributed by atoms with Gasteiger partial charge in [-0.1, -0.05) is 23.4 Å². The lowest BCUT2D eigenvalue weighted by atomic mass is 10.1. The van der Waals surface area contributed by atoms with Crippen LogP contribution in [0.3, 0.4) is 0 Å². The van der Waals surface area contributed by atoms with E-state index in [1.54, 1.807) is 36.5 Å². The number of likely N-dealkylation sites (tertiary alicyclic amines) is 1. The molecule has 1 amide bonds. The van der Waals surface area contributed by atoms with Gasteiger partial charge in [0.05, 0.1) is 28.5 Å². The number of Topliss-reactive ketones (excluding diaryl/α,β-unsaturated/α-hetero) is 1. The normalized spacial score (nSPS) is 13.7. The fraction of sp³-hybridized carbons (Fsp3) is 0.316. The molecule has 5 nitrogen and oxygen atoms in total. The lowest BCUT2D eigenvalue weighted by Gasteiger charge is -2.14. The second kappa shape index (κ2) is 8.56. The number of nitrogens with zero attached hydrogens (tertiary/aromatic N) is 2. The molecule has 1 aliphatic rings. The fourth-order valence-electron chi connectivity index (χ4n) is 2.76. The van der Waals surface area contributed by atoms with E-state index in [-0.39, 0.29) is 17.4 Å². The third-order valence-electron chi connectivity index (χ3n) is 4.20. The summed E-state index contributed by atoms with van der Waals surface area (Å²) in [5.41, 5.74) is 1.12. The maximum atomic E-state index is 12.3. The number of hydrogen-bond acceptors (Lipinski definition) is 5. The molecule has 0 saturated carbocycles. The average molecular weight is 391 g/mol. The van der Waals surface area contributed by atoms with Crippen LogP contribution < -0.4 is 4.74 Å². The zero-order valence-electron chi connectivity index (χ0n) is 14.4. The zero-order chi connectivity index (χ0) is 18.5. The predicted molar refractivity (Wildman–Crippen MR) is 102 cm³/mol. The Bertz CT molecular complexity index is 805. The lowest BCUT2D eigenvalue weighted by Crippen LogP contribution is -2.27. The van der Waals surface area contributed by atoms with Crippen LogP contribution >= 0.6 is 23.4 Å². The maximum absolute atomic E-state index is 12.3. The number of rotatable bonds is 6. The van der Waals surface area contributed by atoms with Crippen molar-refractivity contribution in [1.82, 2.24) is 9.88 Å². The van der Waals surface area contributed by atoms with Gasteiger partial charge in [-0.2, -0.15) is 0 Å².